The molecule has 1 aromatic carbocycles. The maximum absolute atomic E-state index is 5.92. The fraction of sp³-hybridized carbons (Fsp3) is 0.462. The van der Waals surface area contributed by atoms with Gasteiger partial charge in [0.25, 0.3) is 0 Å². The number of benzene rings is 1. The molecular weight excluding hydrogens is 266 g/mol. The zero-order valence-electron chi connectivity index (χ0n) is 10.5. The number of nitrogens with two attached hydrogens (primary N) is 1. The average Bonchev–Trinajstić information content (AvgIpc) is 2.34. The minimum atomic E-state index is 0.0194. The molecule has 5 heteroatoms. The number of rotatable bonds is 3. The quantitative estimate of drug-likeness (QED) is 0.859. The number of likely N-dealkylation sites (N-methyl/N-ethyl adjacent to an activating group) is 1. The van der Waals surface area contributed by atoms with Crippen molar-refractivity contribution >= 4 is 28.8 Å². The predicted molar refractivity (Wildman–Crippen MR) is 80.0 cm³/mol. The third-order valence-corrected chi connectivity index (χ3v) is 3.83. The molecule has 0 bridgehead atoms. The number of hydrogen-bond donors (Lipinski definition) is 1. The number of piperazine rings is 1. The molecule has 1 atom stereocenters. The van der Waals surface area contributed by atoms with E-state index in [0.29, 0.717) is 4.99 Å². The van der Waals surface area contributed by atoms with Crippen LogP contribution in [0, 0.1) is 0 Å². The molecule has 98 valence electrons. The second-order valence-electron chi connectivity index (χ2n) is 4.70. The molecule has 0 amide bonds. The molecule has 0 saturated carbocycles. The van der Waals surface area contributed by atoms with Crippen LogP contribution in [0.5, 0.6) is 0 Å². The van der Waals surface area contributed by atoms with Crippen molar-refractivity contribution in [2.45, 2.75) is 6.04 Å². The molecule has 0 aromatic heterocycles. The van der Waals surface area contributed by atoms with E-state index < -0.39 is 0 Å². The summed E-state index contributed by atoms with van der Waals surface area (Å²) in [5.41, 5.74) is 7.04. The van der Waals surface area contributed by atoms with Gasteiger partial charge in [-0.1, -0.05) is 36.0 Å². The van der Waals surface area contributed by atoms with Crippen molar-refractivity contribution < 1.29 is 0 Å². The van der Waals surface area contributed by atoms with Gasteiger partial charge in [0.1, 0.15) is 0 Å². The van der Waals surface area contributed by atoms with Crippen LogP contribution in [-0.2, 0) is 0 Å². The standard InChI is InChI=1S/C13H18ClN3S/c1-16-6-8-17(9-7-16)12(13(15)18)10-2-4-11(14)5-3-10/h2-5,12H,6-9H2,1H3,(H2,15,18). The summed E-state index contributed by atoms with van der Waals surface area (Å²) in [6.07, 6.45) is 0. The zero-order chi connectivity index (χ0) is 13.1. The van der Waals surface area contributed by atoms with Gasteiger partial charge in [0, 0.05) is 31.2 Å². The molecule has 1 aliphatic rings. The molecular formula is C13H18ClN3S. The van der Waals surface area contributed by atoms with Crippen LogP contribution < -0.4 is 5.73 Å². The Morgan fingerprint density at radius 1 is 1.22 bits per heavy atom. The van der Waals surface area contributed by atoms with Crippen molar-refractivity contribution in [3.63, 3.8) is 0 Å². The van der Waals surface area contributed by atoms with Gasteiger partial charge in [0.05, 0.1) is 11.0 Å². The van der Waals surface area contributed by atoms with Gasteiger partial charge < -0.3 is 10.6 Å². The molecule has 1 saturated heterocycles. The maximum atomic E-state index is 5.92. The highest BCUT2D eigenvalue weighted by Gasteiger charge is 2.25. The average molecular weight is 284 g/mol. The van der Waals surface area contributed by atoms with E-state index in [4.69, 9.17) is 29.6 Å². The molecule has 1 heterocycles. The Balaban J connectivity index is 2.18. The Morgan fingerprint density at radius 2 is 1.78 bits per heavy atom. The van der Waals surface area contributed by atoms with Gasteiger partial charge in [-0.3, -0.25) is 4.90 Å². The van der Waals surface area contributed by atoms with Crippen LogP contribution in [0.4, 0.5) is 0 Å². The predicted octanol–water partition coefficient (Wildman–Crippen LogP) is 1.91. The summed E-state index contributed by atoms with van der Waals surface area (Å²) < 4.78 is 0. The van der Waals surface area contributed by atoms with Crippen molar-refractivity contribution in [3.8, 4) is 0 Å². The van der Waals surface area contributed by atoms with Crippen molar-refractivity contribution in [1.82, 2.24) is 9.80 Å². The van der Waals surface area contributed by atoms with E-state index in [-0.39, 0.29) is 6.04 Å². The molecule has 0 radical (unpaired) electrons. The highest BCUT2D eigenvalue weighted by Crippen LogP contribution is 2.24. The van der Waals surface area contributed by atoms with Crippen LogP contribution in [0.25, 0.3) is 0 Å². The van der Waals surface area contributed by atoms with E-state index in [1.165, 1.54) is 0 Å². The van der Waals surface area contributed by atoms with E-state index >= 15 is 0 Å². The summed E-state index contributed by atoms with van der Waals surface area (Å²) in [5.74, 6) is 0. The lowest BCUT2D eigenvalue weighted by Gasteiger charge is -2.37. The molecule has 18 heavy (non-hydrogen) atoms. The van der Waals surface area contributed by atoms with Gasteiger partial charge in [-0.15, -0.1) is 0 Å². The zero-order valence-corrected chi connectivity index (χ0v) is 12.0. The summed E-state index contributed by atoms with van der Waals surface area (Å²) >= 11 is 11.1. The highest BCUT2D eigenvalue weighted by atomic mass is 35.5. The summed E-state index contributed by atoms with van der Waals surface area (Å²) in [7, 11) is 2.13. The van der Waals surface area contributed by atoms with Crippen LogP contribution in [0.15, 0.2) is 24.3 Å². The van der Waals surface area contributed by atoms with Gasteiger partial charge in [0.2, 0.25) is 0 Å². The van der Waals surface area contributed by atoms with Gasteiger partial charge in [-0.25, -0.2) is 0 Å². The van der Waals surface area contributed by atoms with Crippen LogP contribution >= 0.6 is 23.8 Å². The molecule has 1 aliphatic heterocycles. The number of hydrogen-bond acceptors (Lipinski definition) is 3. The summed E-state index contributed by atoms with van der Waals surface area (Å²) in [5, 5.41) is 0.735. The molecule has 1 aromatic rings. The Hall–Kier alpha value is -0.680. The monoisotopic (exact) mass is 283 g/mol. The SMILES string of the molecule is CN1CCN(C(C(N)=S)c2ccc(Cl)cc2)CC1. The lowest BCUT2D eigenvalue weighted by molar-refractivity contribution is 0.137. The minimum Gasteiger partial charge on any atom is -0.392 e. The first-order chi connectivity index (χ1) is 8.58. The maximum Gasteiger partial charge on any atom is 0.0948 e. The first-order valence-electron chi connectivity index (χ1n) is 6.05. The van der Waals surface area contributed by atoms with Gasteiger partial charge in [-0.2, -0.15) is 0 Å². The molecule has 1 unspecified atom stereocenters. The molecule has 3 nitrogen and oxygen atoms in total. The smallest absolute Gasteiger partial charge is 0.0948 e. The Morgan fingerprint density at radius 3 is 2.28 bits per heavy atom. The number of halogens is 1. The molecule has 2 N–H and O–H groups in total. The van der Waals surface area contributed by atoms with E-state index in [2.05, 4.69) is 16.8 Å². The van der Waals surface area contributed by atoms with E-state index in [9.17, 15) is 0 Å². The van der Waals surface area contributed by atoms with E-state index in [1.807, 2.05) is 24.3 Å². The fourth-order valence-corrected chi connectivity index (χ4v) is 2.69. The molecule has 1 fully saturated rings. The van der Waals surface area contributed by atoms with Crippen molar-refractivity contribution in [1.29, 1.82) is 0 Å². The molecule has 0 aliphatic carbocycles. The molecule has 0 spiro atoms. The summed E-state index contributed by atoms with van der Waals surface area (Å²) in [4.78, 5) is 5.18. The third kappa shape index (κ3) is 3.20. The Bertz CT molecular complexity index is 413. The van der Waals surface area contributed by atoms with Crippen LogP contribution in [0.3, 0.4) is 0 Å². The largest absolute Gasteiger partial charge is 0.392 e. The van der Waals surface area contributed by atoms with Crippen molar-refractivity contribution in [2.24, 2.45) is 5.73 Å². The van der Waals surface area contributed by atoms with E-state index in [0.717, 1.165) is 36.8 Å². The van der Waals surface area contributed by atoms with Crippen LogP contribution in [-0.4, -0.2) is 48.0 Å². The van der Waals surface area contributed by atoms with Gasteiger partial charge >= 0.3 is 0 Å². The second-order valence-corrected chi connectivity index (χ2v) is 5.60. The lowest BCUT2D eigenvalue weighted by atomic mass is 10.0. The van der Waals surface area contributed by atoms with Crippen LogP contribution in [0.1, 0.15) is 11.6 Å². The first-order valence-corrected chi connectivity index (χ1v) is 6.84. The minimum absolute atomic E-state index is 0.0194. The third-order valence-electron chi connectivity index (χ3n) is 3.36. The Kier molecular flexibility index (Phi) is 4.56. The fourth-order valence-electron chi connectivity index (χ4n) is 2.28. The number of thiocarbonyl (C=S) groups is 1. The topological polar surface area (TPSA) is 32.5 Å². The van der Waals surface area contributed by atoms with E-state index in [1.54, 1.807) is 0 Å². The summed E-state index contributed by atoms with van der Waals surface area (Å²) in [6, 6.07) is 7.80. The Labute approximate surface area is 119 Å². The second kappa shape index (κ2) is 5.97. The highest BCUT2D eigenvalue weighted by molar-refractivity contribution is 7.80. The summed E-state index contributed by atoms with van der Waals surface area (Å²) in [6.45, 7) is 4.07. The van der Waals surface area contributed by atoms with Crippen LogP contribution in [0.2, 0.25) is 5.02 Å². The van der Waals surface area contributed by atoms with Gasteiger partial charge in [0.15, 0.2) is 0 Å². The first kappa shape index (κ1) is 13.7. The number of nitrogens with zero attached hydrogens (tertiary/aromatic N) is 2. The van der Waals surface area contributed by atoms with Crippen molar-refractivity contribution in [2.75, 3.05) is 33.2 Å². The lowest BCUT2D eigenvalue weighted by Crippen LogP contribution is -2.48. The van der Waals surface area contributed by atoms with Crippen molar-refractivity contribution in [3.05, 3.63) is 34.9 Å². The molecule has 2 rings (SSSR count). The van der Waals surface area contributed by atoms with Gasteiger partial charge in [-0.05, 0) is 24.7 Å². The normalized spacial score (nSPS) is 19.7.